The molecule has 0 fully saturated rings. The monoisotopic (exact) mass is 568 g/mol. The van der Waals surface area contributed by atoms with Gasteiger partial charge in [-0.15, -0.1) is 0 Å². The number of hydrogen-bond donors (Lipinski definition) is 1. The molecule has 9 nitrogen and oxygen atoms in total. The van der Waals surface area contributed by atoms with Crippen molar-refractivity contribution >= 4 is 17.8 Å². The number of carbonyl (C=O) groups excluding carboxylic acids is 3. The summed E-state index contributed by atoms with van der Waals surface area (Å²) in [5.41, 5.74) is 1.95. The summed E-state index contributed by atoms with van der Waals surface area (Å²) in [6, 6.07) is 10.5. The third kappa shape index (κ3) is 6.79. The van der Waals surface area contributed by atoms with Crippen molar-refractivity contribution in [3.05, 3.63) is 88.7 Å². The van der Waals surface area contributed by atoms with Gasteiger partial charge in [-0.25, -0.2) is 18.6 Å². The van der Waals surface area contributed by atoms with E-state index in [9.17, 15) is 23.2 Å². The number of ether oxygens (including phenoxy) is 4. The summed E-state index contributed by atoms with van der Waals surface area (Å²) in [5.74, 6) is -3.56. The summed E-state index contributed by atoms with van der Waals surface area (Å²) in [5, 5.41) is 2.54. The second-order valence-corrected chi connectivity index (χ2v) is 9.82. The van der Waals surface area contributed by atoms with Crippen LogP contribution in [0.4, 0.5) is 8.78 Å². The number of hydrogen-bond acceptors (Lipinski definition) is 8. The molecule has 0 radical (unpaired) electrons. The third-order valence-electron chi connectivity index (χ3n) is 6.61. The number of benzene rings is 2. The maximum atomic E-state index is 14.0. The molecule has 11 heteroatoms. The Balaban J connectivity index is 1.48. The fraction of sp³-hybridized carbons (Fsp3) is 0.333. The van der Waals surface area contributed by atoms with Gasteiger partial charge in [-0.1, -0.05) is 32.0 Å². The first kappa shape index (κ1) is 29.4. The van der Waals surface area contributed by atoms with Gasteiger partial charge in [0, 0.05) is 24.6 Å². The highest BCUT2D eigenvalue weighted by Crippen LogP contribution is 2.40. The molecule has 216 valence electrons. The molecule has 1 N–H and O–H groups in total. The van der Waals surface area contributed by atoms with Crippen LogP contribution in [0.1, 0.15) is 53.9 Å². The van der Waals surface area contributed by atoms with Crippen LogP contribution < -0.4 is 14.8 Å². The number of nitrogens with zero attached hydrogens (tertiary/aromatic N) is 1. The molecule has 1 aromatic heterocycles. The summed E-state index contributed by atoms with van der Waals surface area (Å²) in [4.78, 5) is 42.1. The molecule has 3 atom stereocenters. The van der Waals surface area contributed by atoms with Crippen LogP contribution in [0.2, 0.25) is 0 Å². The van der Waals surface area contributed by atoms with Gasteiger partial charge in [0.05, 0.1) is 13.0 Å². The molecular weight excluding hydrogens is 538 g/mol. The Morgan fingerprint density at radius 1 is 1.00 bits per heavy atom. The molecule has 2 unspecified atom stereocenters. The number of fused-ring (bicyclic) bond motifs is 1. The highest BCUT2D eigenvalue weighted by molar-refractivity contribution is 5.98. The highest BCUT2D eigenvalue weighted by atomic mass is 19.1. The number of nitrogens with one attached hydrogen (secondary N) is 1. The van der Waals surface area contributed by atoms with E-state index in [1.54, 1.807) is 32.0 Å². The second kappa shape index (κ2) is 12.8. The van der Waals surface area contributed by atoms with Crippen molar-refractivity contribution in [2.45, 2.75) is 45.3 Å². The van der Waals surface area contributed by atoms with Gasteiger partial charge in [0.2, 0.25) is 6.79 Å². The van der Waals surface area contributed by atoms with Crippen LogP contribution in [0.5, 0.6) is 11.5 Å². The van der Waals surface area contributed by atoms with Crippen LogP contribution in [0.15, 0.2) is 54.7 Å². The predicted molar refractivity (Wildman–Crippen MR) is 142 cm³/mol. The van der Waals surface area contributed by atoms with E-state index in [-0.39, 0.29) is 29.5 Å². The lowest BCUT2D eigenvalue weighted by Crippen LogP contribution is -2.42. The second-order valence-electron chi connectivity index (χ2n) is 9.82. The zero-order valence-corrected chi connectivity index (χ0v) is 23.0. The summed E-state index contributed by atoms with van der Waals surface area (Å²) >= 11 is 0. The topological polar surface area (TPSA) is 113 Å². The number of carbonyl (C=O) groups is 3. The van der Waals surface area contributed by atoms with Gasteiger partial charge in [-0.2, -0.15) is 0 Å². The van der Waals surface area contributed by atoms with Crippen LogP contribution in [-0.4, -0.2) is 48.9 Å². The van der Waals surface area contributed by atoms with E-state index in [0.29, 0.717) is 11.1 Å². The standard InChI is InChI=1S/C30H30F2N2O7/c1-16(2)29(36)40-15-39-27-23(38-4)11-12-33-26(27)28(35)34-17(3)30(37)41-24-14-19-13-21(32)9-10-22(19)25(24)18-5-7-20(31)8-6-18/h5-13,16-17,24-25H,14-15H2,1-4H3,(H,34,35)/t17-,24?,25?/m0/s1. The average Bonchev–Trinajstić information content (AvgIpc) is 3.29. The van der Waals surface area contributed by atoms with E-state index in [0.717, 1.165) is 5.56 Å². The number of halogens is 2. The normalized spacial score (nSPS) is 16.5. The molecule has 41 heavy (non-hydrogen) atoms. The third-order valence-corrected chi connectivity index (χ3v) is 6.61. The minimum atomic E-state index is -1.11. The van der Waals surface area contributed by atoms with Gasteiger partial charge in [0.1, 0.15) is 23.8 Å². The van der Waals surface area contributed by atoms with Gasteiger partial charge >= 0.3 is 11.9 Å². The zero-order valence-electron chi connectivity index (χ0n) is 23.0. The minimum Gasteiger partial charge on any atom is -0.493 e. The summed E-state index contributed by atoms with van der Waals surface area (Å²) < 4.78 is 49.1. The van der Waals surface area contributed by atoms with Crippen LogP contribution in [0.25, 0.3) is 0 Å². The van der Waals surface area contributed by atoms with E-state index in [1.807, 2.05) is 0 Å². The Bertz CT molecular complexity index is 1430. The Kier molecular flexibility index (Phi) is 9.16. The largest absolute Gasteiger partial charge is 0.493 e. The summed E-state index contributed by atoms with van der Waals surface area (Å²) in [6.45, 7) is 4.29. The first-order valence-electron chi connectivity index (χ1n) is 13.0. The molecule has 1 aliphatic carbocycles. The smallest absolute Gasteiger partial charge is 0.328 e. The van der Waals surface area contributed by atoms with Gasteiger partial charge in [0.15, 0.2) is 17.2 Å². The number of rotatable bonds is 10. The lowest BCUT2D eigenvalue weighted by molar-refractivity contribution is -0.154. The molecule has 0 aliphatic heterocycles. The fourth-order valence-electron chi connectivity index (χ4n) is 4.54. The van der Waals surface area contributed by atoms with Crippen LogP contribution in [0.3, 0.4) is 0 Å². The molecule has 0 saturated heterocycles. The molecule has 3 aromatic rings. The first-order chi connectivity index (χ1) is 19.6. The van der Waals surface area contributed by atoms with E-state index in [4.69, 9.17) is 18.9 Å². The van der Waals surface area contributed by atoms with Crippen LogP contribution in [-0.2, 0) is 25.5 Å². The molecule has 0 spiro atoms. The van der Waals surface area contributed by atoms with Crippen LogP contribution >= 0.6 is 0 Å². The van der Waals surface area contributed by atoms with Gasteiger partial charge in [-0.05, 0) is 47.9 Å². The van der Waals surface area contributed by atoms with E-state index in [1.165, 1.54) is 50.6 Å². The first-order valence-corrected chi connectivity index (χ1v) is 13.0. The van der Waals surface area contributed by atoms with E-state index in [2.05, 4.69) is 10.3 Å². The molecule has 0 saturated carbocycles. The number of amides is 1. The number of pyridine rings is 1. The number of methoxy groups -OCH3 is 1. The molecule has 1 aliphatic rings. The number of aromatic nitrogens is 1. The Morgan fingerprint density at radius 3 is 2.39 bits per heavy atom. The molecule has 1 heterocycles. The molecule has 0 bridgehead atoms. The van der Waals surface area contributed by atoms with Crippen molar-refractivity contribution < 1.29 is 42.1 Å². The maximum Gasteiger partial charge on any atom is 0.328 e. The van der Waals surface area contributed by atoms with E-state index >= 15 is 0 Å². The lowest BCUT2D eigenvalue weighted by atomic mass is 9.91. The molecule has 4 rings (SSSR count). The molecule has 2 aromatic carbocycles. The van der Waals surface area contributed by atoms with Gasteiger partial charge in [0.25, 0.3) is 5.91 Å². The van der Waals surface area contributed by atoms with Crippen molar-refractivity contribution in [1.29, 1.82) is 0 Å². The zero-order chi connectivity index (χ0) is 29.7. The molecular formula is C30H30F2N2O7. The summed E-state index contributed by atoms with van der Waals surface area (Å²) in [7, 11) is 1.37. The summed E-state index contributed by atoms with van der Waals surface area (Å²) in [6.07, 6.45) is 0.853. The Morgan fingerprint density at radius 2 is 1.71 bits per heavy atom. The highest BCUT2D eigenvalue weighted by Gasteiger charge is 2.38. The number of esters is 2. The Labute approximate surface area is 235 Å². The van der Waals surface area contributed by atoms with Crippen molar-refractivity contribution in [1.82, 2.24) is 10.3 Å². The van der Waals surface area contributed by atoms with E-state index < -0.39 is 54.3 Å². The van der Waals surface area contributed by atoms with Crippen LogP contribution in [0, 0.1) is 17.6 Å². The minimum absolute atomic E-state index is 0.0748. The van der Waals surface area contributed by atoms with Crippen molar-refractivity contribution in [2.75, 3.05) is 13.9 Å². The SMILES string of the molecule is COc1ccnc(C(=O)N[C@@H](C)C(=O)OC2Cc3cc(F)ccc3C2c2ccc(F)cc2)c1OCOC(=O)C(C)C. The predicted octanol–water partition coefficient (Wildman–Crippen LogP) is 4.32. The lowest BCUT2D eigenvalue weighted by Gasteiger charge is -2.23. The van der Waals surface area contributed by atoms with Gasteiger partial charge < -0.3 is 24.3 Å². The Hall–Kier alpha value is -4.54. The van der Waals surface area contributed by atoms with Crippen molar-refractivity contribution in [3.63, 3.8) is 0 Å². The van der Waals surface area contributed by atoms with Gasteiger partial charge in [-0.3, -0.25) is 9.59 Å². The van der Waals surface area contributed by atoms with Crippen molar-refractivity contribution in [3.8, 4) is 11.5 Å². The fourth-order valence-corrected chi connectivity index (χ4v) is 4.54. The van der Waals surface area contributed by atoms with Crippen molar-refractivity contribution in [2.24, 2.45) is 5.92 Å². The quantitative estimate of drug-likeness (QED) is 0.284. The molecule has 1 amide bonds. The maximum absolute atomic E-state index is 14.0. The average molecular weight is 569 g/mol.